The summed E-state index contributed by atoms with van der Waals surface area (Å²) in [5, 5.41) is 0. The van der Waals surface area contributed by atoms with Crippen LogP contribution in [0.3, 0.4) is 0 Å². The number of hydrogen-bond acceptors (Lipinski definition) is 4. The molecule has 0 saturated carbocycles. The van der Waals surface area contributed by atoms with Crippen LogP contribution in [0.1, 0.15) is 15.9 Å². The SMILES string of the molecule is CN(C)[C@H](COC(N)=O)Cc1ccc(C(N)=O)cc1. The first kappa shape index (κ1) is 15.0. The molecule has 2 amide bonds. The molecule has 4 N–H and O–H groups in total. The van der Waals surface area contributed by atoms with Gasteiger partial charge >= 0.3 is 6.09 Å². The predicted molar refractivity (Wildman–Crippen MR) is 71.7 cm³/mol. The van der Waals surface area contributed by atoms with Crippen molar-refractivity contribution in [2.45, 2.75) is 12.5 Å². The summed E-state index contributed by atoms with van der Waals surface area (Å²) < 4.78 is 4.82. The standard InChI is InChI=1S/C13H19N3O3/c1-16(2)11(8-19-13(15)18)7-9-3-5-10(6-4-9)12(14)17/h3-6,11H,7-8H2,1-2H3,(H2,14,17)(H2,15,18)/t11-/m0/s1. The quantitative estimate of drug-likeness (QED) is 0.775. The number of carbonyl (C=O) groups excluding carboxylic acids is 2. The average Bonchev–Trinajstić information content (AvgIpc) is 2.34. The van der Waals surface area contributed by atoms with Crippen LogP contribution in [0.2, 0.25) is 0 Å². The van der Waals surface area contributed by atoms with E-state index >= 15 is 0 Å². The Morgan fingerprint density at radius 1 is 1.21 bits per heavy atom. The molecule has 0 radical (unpaired) electrons. The molecule has 19 heavy (non-hydrogen) atoms. The van der Waals surface area contributed by atoms with E-state index in [-0.39, 0.29) is 12.6 Å². The van der Waals surface area contributed by atoms with Gasteiger partial charge in [-0.3, -0.25) is 4.79 Å². The second-order valence-corrected chi connectivity index (χ2v) is 4.51. The maximum absolute atomic E-state index is 11.0. The first-order chi connectivity index (χ1) is 8.90. The fraction of sp³-hybridized carbons (Fsp3) is 0.385. The first-order valence-electron chi connectivity index (χ1n) is 5.87. The topological polar surface area (TPSA) is 98.7 Å². The molecular formula is C13H19N3O3. The van der Waals surface area contributed by atoms with Crippen molar-refractivity contribution in [3.05, 3.63) is 35.4 Å². The van der Waals surface area contributed by atoms with Crippen LogP contribution in [-0.4, -0.2) is 43.6 Å². The Hall–Kier alpha value is -2.08. The lowest BCUT2D eigenvalue weighted by atomic mass is 10.0. The van der Waals surface area contributed by atoms with Gasteiger partial charge in [-0.2, -0.15) is 0 Å². The molecule has 1 rings (SSSR count). The fourth-order valence-electron chi connectivity index (χ4n) is 1.65. The maximum Gasteiger partial charge on any atom is 0.404 e. The highest BCUT2D eigenvalue weighted by atomic mass is 16.5. The number of primary amides is 2. The predicted octanol–water partition coefficient (Wildman–Crippen LogP) is 0.354. The van der Waals surface area contributed by atoms with Crippen LogP contribution < -0.4 is 11.5 Å². The molecule has 6 heteroatoms. The van der Waals surface area contributed by atoms with Crippen LogP contribution in [0.5, 0.6) is 0 Å². The molecule has 0 bridgehead atoms. The van der Waals surface area contributed by atoms with Crippen LogP contribution >= 0.6 is 0 Å². The van der Waals surface area contributed by atoms with Gasteiger partial charge in [0.15, 0.2) is 0 Å². The maximum atomic E-state index is 11.0. The van der Waals surface area contributed by atoms with E-state index in [0.717, 1.165) is 5.56 Å². The van der Waals surface area contributed by atoms with Gasteiger partial charge in [-0.1, -0.05) is 12.1 Å². The third-order valence-corrected chi connectivity index (χ3v) is 2.86. The summed E-state index contributed by atoms with van der Waals surface area (Å²) in [5.41, 5.74) is 11.6. The molecule has 0 saturated heterocycles. The summed E-state index contributed by atoms with van der Waals surface area (Å²) in [6, 6.07) is 7.05. The highest BCUT2D eigenvalue weighted by Gasteiger charge is 2.14. The van der Waals surface area contributed by atoms with Crippen LogP contribution in [0.15, 0.2) is 24.3 Å². The molecule has 0 aliphatic heterocycles. The Balaban J connectivity index is 2.68. The van der Waals surface area contributed by atoms with Crippen molar-refractivity contribution in [3.8, 4) is 0 Å². The van der Waals surface area contributed by atoms with Crippen molar-refractivity contribution in [2.24, 2.45) is 11.5 Å². The number of rotatable bonds is 6. The smallest absolute Gasteiger partial charge is 0.404 e. The van der Waals surface area contributed by atoms with Crippen molar-refractivity contribution < 1.29 is 14.3 Å². The fourth-order valence-corrected chi connectivity index (χ4v) is 1.65. The molecule has 1 atom stereocenters. The summed E-state index contributed by atoms with van der Waals surface area (Å²) in [7, 11) is 3.79. The monoisotopic (exact) mass is 265 g/mol. The van der Waals surface area contributed by atoms with E-state index in [1.54, 1.807) is 12.1 Å². The van der Waals surface area contributed by atoms with E-state index in [0.29, 0.717) is 12.0 Å². The summed E-state index contributed by atoms with van der Waals surface area (Å²) in [6.07, 6.45) is -0.102. The first-order valence-corrected chi connectivity index (χ1v) is 5.87. The Morgan fingerprint density at radius 2 is 1.79 bits per heavy atom. The van der Waals surface area contributed by atoms with Crippen molar-refractivity contribution in [3.63, 3.8) is 0 Å². The molecule has 1 aromatic rings. The van der Waals surface area contributed by atoms with Gasteiger partial charge in [0.25, 0.3) is 0 Å². The lowest BCUT2D eigenvalue weighted by Crippen LogP contribution is -2.36. The number of likely N-dealkylation sites (N-methyl/N-ethyl adjacent to an activating group) is 1. The van der Waals surface area contributed by atoms with E-state index in [1.807, 2.05) is 31.1 Å². The van der Waals surface area contributed by atoms with Crippen molar-refractivity contribution >= 4 is 12.0 Å². The van der Waals surface area contributed by atoms with Gasteiger partial charge in [-0.05, 0) is 38.2 Å². The highest BCUT2D eigenvalue weighted by molar-refractivity contribution is 5.92. The molecule has 0 fully saturated rings. The minimum Gasteiger partial charge on any atom is -0.448 e. The molecular weight excluding hydrogens is 246 g/mol. The second-order valence-electron chi connectivity index (χ2n) is 4.51. The molecule has 0 aliphatic carbocycles. The van der Waals surface area contributed by atoms with Crippen molar-refractivity contribution in [2.75, 3.05) is 20.7 Å². The Morgan fingerprint density at radius 3 is 2.21 bits per heavy atom. The molecule has 0 aliphatic rings. The molecule has 0 aromatic heterocycles. The third kappa shape index (κ3) is 4.97. The van der Waals surface area contributed by atoms with Gasteiger partial charge in [-0.15, -0.1) is 0 Å². The van der Waals surface area contributed by atoms with Gasteiger partial charge < -0.3 is 21.1 Å². The average molecular weight is 265 g/mol. The normalized spacial score (nSPS) is 12.2. The van der Waals surface area contributed by atoms with Gasteiger partial charge in [0.05, 0.1) is 0 Å². The summed E-state index contributed by atoms with van der Waals surface area (Å²) in [5.74, 6) is -0.451. The van der Waals surface area contributed by atoms with E-state index in [1.165, 1.54) is 0 Å². The van der Waals surface area contributed by atoms with E-state index in [9.17, 15) is 9.59 Å². The van der Waals surface area contributed by atoms with E-state index < -0.39 is 12.0 Å². The molecule has 0 spiro atoms. The van der Waals surface area contributed by atoms with Crippen LogP contribution in [-0.2, 0) is 11.2 Å². The highest BCUT2D eigenvalue weighted by Crippen LogP contribution is 2.09. The molecule has 104 valence electrons. The van der Waals surface area contributed by atoms with Crippen molar-refractivity contribution in [1.29, 1.82) is 0 Å². The minimum absolute atomic E-state index is 0.0203. The zero-order chi connectivity index (χ0) is 14.4. The lowest BCUT2D eigenvalue weighted by Gasteiger charge is -2.23. The summed E-state index contributed by atoms with van der Waals surface area (Å²) in [4.78, 5) is 23.5. The number of amides is 2. The molecule has 6 nitrogen and oxygen atoms in total. The Bertz CT molecular complexity index is 443. The third-order valence-electron chi connectivity index (χ3n) is 2.86. The number of hydrogen-bond donors (Lipinski definition) is 2. The number of benzene rings is 1. The van der Waals surface area contributed by atoms with Crippen molar-refractivity contribution in [1.82, 2.24) is 4.90 Å². The zero-order valence-corrected chi connectivity index (χ0v) is 11.1. The van der Waals surface area contributed by atoms with Crippen LogP contribution in [0.25, 0.3) is 0 Å². The number of carbonyl (C=O) groups is 2. The van der Waals surface area contributed by atoms with Gasteiger partial charge in [-0.25, -0.2) is 4.79 Å². The second kappa shape index (κ2) is 6.75. The molecule has 0 unspecified atom stereocenters. The molecule has 0 heterocycles. The summed E-state index contributed by atoms with van der Waals surface area (Å²) in [6.45, 7) is 0.222. The number of nitrogens with zero attached hydrogens (tertiary/aromatic N) is 1. The number of ether oxygens (including phenoxy) is 1. The minimum atomic E-state index is -0.782. The zero-order valence-electron chi connectivity index (χ0n) is 11.1. The summed E-state index contributed by atoms with van der Waals surface area (Å²) >= 11 is 0. The molecule has 1 aromatic carbocycles. The van der Waals surface area contributed by atoms with E-state index in [4.69, 9.17) is 16.2 Å². The number of nitrogens with two attached hydrogens (primary N) is 2. The van der Waals surface area contributed by atoms with Gasteiger partial charge in [0.1, 0.15) is 6.61 Å². The Labute approximate surface area is 112 Å². The Kier molecular flexibility index (Phi) is 5.32. The van der Waals surface area contributed by atoms with Gasteiger partial charge in [0, 0.05) is 11.6 Å². The largest absolute Gasteiger partial charge is 0.448 e. The lowest BCUT2D eigenvalue weighted by molar-refractivity contribution is 0.0999. The van der Waals surface area contributed by atoms with Crippen LogP contribution in [0, 0.1) is 0 Å². The van der Waals surface area contributed by atoms with Gasteiger partial charge in [0.2, 0.25) is 5.91 Å². The van der Waals surface area contributed by atoms with E-state index in [2.05, 4.69) is 0 Å². The van der Waals surface area contributed by atoms with Crippen LogP contribution in [0.4, 0.5) is 4.79 Å².